The number of hydrogen-bond donors (Lipinski definition) is 1. The first-order chi connectivity index (χ1) is 7.99. The molecular formula is C11H14F3N3. The van der Waals surface area contributed by atoms with Gasteiger partial charge < -0.3 is 10.2 Å². The van der Waals surface area contributed by atoms with Crippen molar-refractivity contribution in [2.24, 2.45) is 0 Å². The highest BCUT2D eigenvalue weighted by molar-refractivity contribution is 5.48. The minimum atomic E-state index is -4.19. The maximum Gasteiger partial charge on any atom is 0.405 e. The van der Waals surface area contributed by atoms with Crippen molar-refractivity contribution < 1.29 is 13.2 Å². The molecule has 0 atom stereocenters. The fraction of sp³-hybridized carbons (Fsp3) is 0.545. The third-order valence-electron chi connectivity index (χ3n) is 2.62. The molecule has 3 nitrogen and oxygen atoms in total. The molecule has 1 saturated carbocycles. The molecule has 0 radical (unpaired) electrons. The molecule has 0 bridgehead atoms. The van der Waals surface area contributed by atoms with E-state index >= 15 is 0 Å². The first-order valence-corrected chi connectivity index (χ1v) is 5.48. The maximum absolute atomic E-state index is 12.5. The molecule has 6 heteroatoms. The first kappa shape index (κ1) is 12.0. The Balaban J connectivity index is 2.19. The second kappa shape index (κ2) is 4.43. The highest BCUT2D eigenvalue weighted by Crippen LogP contribution is 2.33. The van der Waals surface area contributed by atoms with Crippen molar-refractivity contribution in [1.82, 2.24) is 4.98 Å². The number of halogens is 3. The lowest BCUT2D eigenvalue weighted by atomic mass is 10.3. The van der Waals surface area contributed by atoms with Gasteiger partial charge in [0.1, 0.15) is 18.2 Å². The molecule has 17 heavy (non-hydrogen) atoms. The summed E-state index contributed by atoms with van der Waals surface area (Å²) in [6, 6.07) is 5.03. The van der Waals surface area contributed by atoms with Crippen molar-refractivity contribution in [1.29, 1.82) is 0 Å². The van der Waals surface area contributed by atoms with Crippen LogP contribution in [0.4, 0.5) is 24.8 Å². The quantitative estimate of drug-likeness (QED) is 0.883. The molecule has 0 spiro atoms. The SMILES string of the molecule is CNc1cccc(N(CC(F)(F)F)C2CC2)n1. The zero-order chi connectivity index (χ0) is 12.5. The summed E-state index contributed by atoms with van der Waals surface area (Å²) in [5, 5.41) is 2.83. The van der Waals surface area contributed by atoms with Crippen molar-refractivity contribution in [2.75, 3.05) is 23.8 Å². The van der Waals surface area contributed by atoms with Crippen molar-refractivity contribution >= 4 is 11.6 Å². The van der Waals surface area contributed by atoms with Crippen LogP contribution < -0.4 is 10.2 Å². The number of aromatic nitrogens is 1. The van der Waals surface area contributed by atoms with Gasteiger partial charge in [0.05, 0.1) is 0 Å². The number of nitrogens with zero attached hydrogens (tertiary/aromatic N) is 2. The van der Waals surface area contributed by atoms with Gasteiger partial charge in [-0.3, -0.25) is 0 Å². The molecule has 1 aliphatic rings. The molecule has 2 rings (SSSR count). The number of anilines is 2. The van der Waals surface area contributed by atoms with Gasteiger partial charge in [-0.05, 0) is 25.0 Å². The van der Waals surface area contributed by atoms with Crippen molar-refractivity contribution in [2.45, 2.75) is 25.1 Å². The predicted octanol–water partition coefficient (Wildman–Crippen LogP) is 2.65. The van der Waals surface area contributed by atoms with Crippen molar-refractivity contribution in [3.63, 3.8) is 0 Å². The van der Waals surface area contributed by atoms with Gasteiger partial charge in [-0.2, -0.15) is 13.2 Å². The first-order valence-electron chi connectivity index (χ1n) is 5.48. The number of nitrogens with one attached hydrogen (secondary N) is 1. The summed E-state index contributed by atoms with van der Waals surface area (Å²) >= 11 is 0. The largest absolute Gasteiger partial charge is 0.405 e. The van der Waals surface area contributed by atoms with Gasteiger partial charge in [0.25, 0.3) is 0 Å². The third kappa shape index (κ3) is 3.25. The average molecular weight is 245 g/mol. The van der Waals surface area contributed by atoms with E-state index < -0.39 is 12.7 Å². The van der Waals surface area contributed by atoms with Gasteiger partial charge in [0, 0.05) is 13.1 Å². The van der Waals surface area contributed by atoms with Gasteiger partial charge in [0.15, 0.2) is 0 Å². The van der Waals surface area contributed by atoms with Crippen LogP contribution >= 0.6 is 0 Å². The van der Waals surface area contributed by atoms with E-state index in [1.165, 1.54) is 4.90 Å². The Morgan fingerprint density at radius 3 is 2.65 bits per heavy atom. The zero-order valence-electron chi connectivity index (χ0n) is 9.46. The van der Waals surface area contributed by atoms with Crippen molar-refractivity contribution in [3.8, 4) is 0 Å². The number of alkyl halides is 3. The molecule has 0 saturated heterocycles. The summed E-state index contributed by atoms with van der Waals surface area (Å²) in [5.41, 5.74) is 0. The van der Waals surface area contributed by atoms with Gasteiger partial charge in [-0.25, -0.2) is 4.98 Å². The molecule has 0 aromatic carbocycles. The normalized spacial score (nSPS) is 15.8. The van der Waals surface area contributed by atoms with Crippen LogP contribution in [0.3, 0.4) is 0 Å². The number of rotatable bonds is 4. The fourth-order valence-corrected chi connectivity index (χ4v) is 1.70. The van der Waals surface area contributed by atoms with Crippen molar-refractivity contribution in [3.05, 3.63) is 18.2 Å². The smallest absolute Gasteiger partial charge is 0.373 e. The molecule has 1 heterocycles. The molecule has 0 aliphatic heterocycles. The Morgan fingerprint density at radius 1 is 1.41 bits per heavy atom. The predicted molar refractivity (Wildman–Crippen MR) is 60.2 cm³/mol. The Morgan fingerprint density at radius 2 is 2.12 bits per heavy atom. The molecular weight excluding hydrogens is 231 g/mol. The Labute approximate surface area is 97.6 Å². The van der Waals surface area contributed by atoms with E-state index in [2.05, 4.69) is 10.3 Å². The van der Waals surface area contributed by atoms with Crippen LogP contribution in [0.2, 0.25) is 0 Å². The van der Waals surface area contributed by atoms with E-state index in [-0.39, 0.29) is 6.04 Å². The summed E-state index contributed by atoms with van der Waals surface area (Å²) in [6.07, 6.45) is -2.58. The van der Waals surface area contributed by atoms with Crippen LogP contribution in [0.15, 0.2) is 18.2 Å². The monoisotopic (exact) mass is 245 g/mol. The minimum absolute atomic E-state index is 0.0174. The van der Waals surface area contributed by atoms with E-state index in [0.717, 1.165) is 12.8 Å². The highest BCUT2D eigenvalue weighted by Gasteiger charge is 2.38. The Bertz CT molecular complexity index is 388. The Hall–Kier alpha value is -1.46. The van der Waals surface area contributed by atoms with Gasteiger partial charge in [-0.1, -0.05) is 6.07 Å². The summed E-state index contributed by atoms with van der Waals surface area (Å²) in [5.74, 6) is 0.965. The van der Waals surface area contributed by atoms with Crippen LogP contribution in [0.1, 0.15) is 12.8 Å². The summed E-state index contributed by atoms with van der Waals surface area (Å²) in [7, 11) is 1.69. The van der Waals surface area contributed by atoms with E-state index in [4.69, 9.17) is 0 Å². The minimum Gasteiger partial charge on any atom is -0.373 e. The molecule has 94 valence electrons. The second-order valence-corrected chi connectivity index (χ2v) is 4.11. The lowest BCUT2D eigenvalue weighted by Gasteiger charge is -2.25. The number of hydrogen-bond acceptors (Lipinski definition) is 3. The summed E-state index contributed by atoms with van der Waals surface area (Å²) in [6.45, 7) is -0.933. The van der Waals surface area contributed by atoms with Gasteiger partial charge in [-0.15, -0.1) is 0 Å². The lowest BCUT2D eigenvalue weighted by Crippen LogP contribution is -2.36. The second-order valence-electron chi connectivity index (χ2n) is 4.11. The standard InChI is InChI=1S/C11H14F3N3/c1-15-9-3-2-4-10(16-9)17(8-5-6-8)7-11(12,13)14/h2-4,8H,5-7H2,1H3,(H,15,16). The molecule has 1 fully saturated rings. The maximum atomic E-state index is 12.5. The highest BCUT2D eigenvalue weighted by atomic mass is 19.4. The molecule has 1 aromatic rings. The molecule has 0 amide bonds. The zero-order valence-corrected chi connectivity index (χ0v) is 9.46. The van der Waals surface area contributed by atoms with Gasteiger partial charge >= 0.3 is 6.18 Å². The van der Waals surface area contributed by atoms with E-state index in [0.29, 0.717) is 11.6 Å². The van der Waals surface area contributed by atoms with Crippen LogP contribution in [0.5, 0.6) is 0 Å². The van der Waals surface area contributed by atoms with Gasteiger partial charge in [0.2, 0.25) is 0 Å². The lowest BCUT2D eigenvalue weighted by molar-refractivity contribution is -0.120. The third-order valence-corrected chi connectivity index (χ3v) is 2.62. The van der Waals surface area contributed by atoms with Crippen LogP contribution in [-0.4, -0.2) is 30.8 Å². The van der Waals surface area contributed by atoms with Crippen LogP contribution in [0.25, 0.3) is 0 Å². The topological polar surface area (TPSA) is 28.2 Å². The summed E-state index contributed by atoms with van der Waals surface area (Å²) < 4.78 is 37.4. The number of pyridine rings is 1. The molecule has 0 unspecified atom stereocenters. The molecule has 1 N–H and O–H groups in total. The van der Waals surface area contributed by atoms with E-state index in [9.17, 15) is 13.2 Å². The van der Waals surface area contributed by atoms with E-state index in [1.807, 2.05) is 0 Å². The van der Waals surface area contributed by atoms with Crippen LogP contribution in [-0.2, 0) is 0 Å². The molecule has 1 aromatic heterocycles. The molecule has 1 aliphatic carbocycles. The average Bonchev–Trinajstić information content (AvgIpc) is 3.09. The summed E-state index contributed by atoms with van der Waals surface area (Å²) in [4.78, 5) is 5.49. The Kier molecular flexibility index (Phi) is 3.13. The van der Waals surface area contributed by atoms with E-state index in [1.54, 1.807) is 25.2 Å². The fourth-order valence-electron chi connectivity index (χ4n) is 1.70. The van der Waals surface area contributed by atoms with Crippen LogP contribution in [0, 0.1) is 0 Å².